The summed E-state index contributed by atoms with van der Waals surface area (Å²) in [6.07, 6.45) is 1.42. The summed E-state index contributed by atoms with van der Waals surface area (Å²) < 4.78 is 32.2. The molecule has 3 nitrogen and oxygen atoms in total. The van der Waals surface area contributed by atoms with E-state index < -0.39 is 16.0 Å². The predicted octanol–water partition coefficient (Wildman–Crippen LogP) is 0.881. The molecule has 0 unspecified atom stereocenters. The minimum atomic E-state index is -4.44. The number of nitrogens with zero attached hydrogens (tertiary/aromatic N) is 1. The topological polar surface area (TPSA) is 47.0 Å². The molecule has 0 saturated carbocycles. The molecular weight excluding hydrogens is 169 g/mol. The van der Waals surface area contributed by atoms with Crippen LogP contribution in [0.15, 0.2) is 24.4 Å². The van der Waals surface area contributed by atoms with Crippen LogP contribution < -0.4 is 0 Å². The van der Waals surface area contributed by atoms with E-state index in [4.69, 9.17) is 0 Å². The molecule has 0 spiro atoms. The first-order valence-corrected chi connectivity index (χ1v) is 4.45. The van der Waals surface area contributed by atoms with E-state index in [0.717, 1.165) is 0 Å². The maximum Gasteiger partial charge on any atom is 0.308 e. The van der Waals surface area contributed by atoms with Gasteiger partial charge in [-0.1, -0.05) is 6.07 Å². The Morgan fingerprint density at radius 1 is 1.45 bits per heavy atom. The van der Waals surface area contributed by atoms with E-state index in [0.29, 0.717) is 0 Å². The van der Waals surface area contributed by atoms with Gasteiger partial charge in [-0.15, -0.1) is 3.89 Å². The van der Waals surface area contributed by atoms with E-state index >= 15 is 0 Å². The Morgan fingerprint density at radius 3 is 2.64 bits per heavy atom. The van der Waals surface area contributed by atoms with E-state index in [1.54, 1.807) is 12.1 Å². The summed E-state index contributed by atoms with van der Waals surface area (Å²) in [5.74, 6) is -0.645. The fraction of sp³-hybridized carbons (Fsp3) is 0.167. The van der Waals surface area contributed by atoms with Gasteiger partial charge in [-0.3, -0.25) is 4.98 Å². The minimum absolute atomic E-state index is 0.218. The number of aromatic nitrogens is 1. The predicted molar refractivity (Wildman–Crippen MR) is 38.0 cm³/mol. The molecule has 0 saturated heterocycles. The van der Waals surface area contributed by atoms with Crippen LogP contribution in [0.3, 0.4) is 0 Å². The molecular formula is C6H6FNO2S. The van der Waals surface area contributed by atoms with E-state index in [9.17, 15) is 12.3 Å². The van der Waals surface area contributed by atoms with Crippen molar-refractivity contribution in [3.05, 3.63) is 30.1 Å². The van der Waals surface area contributed by atoms with Crippen molar-refractivity contribution in [2.75, 3.05) is 0 Å². The van der Waals surface area contributed by atoms with Crippen molar-refractivity contribution in [1.82, 2.24) is 4.98 Å². The van der Waals surface area contributed by atoms with E-state index in [2.05, 4.69) is 4.98 Å². The number of hydrogen-bond donors (Lipinski definition) is 0. The van der Waals surface area contributed by atoms with Crippen molar-refractivity contribution >= 4 is 10.2 Å². The first-order chi connectivity index (χ1) is 5.08. The molecule has 0 aliphatic carbocycles. The summed E-state index contributed by atoms with van der Waals surface area (Å²) in [4.78, 5) is 3.64. The second kappa shape index (κ2) is 2.96. The molecule has 0 amide bonds. The Bertz CT molecular complexity index is 322. The molecule has 1 aromatic heterocycles. The van der Waals surface area contributed by atoms with Crippen LogP contribution in [-0.2, 0) is 16.0 Å². The summed E-state index contributed by atoms with van der Waals surface area (Å²) in [6, 6.07) is 4.69. The Hall–Kier alpha value is -0.970. The smallest absolute Gasteiger partial charge is 0.260 e. The highest BCUT2D eigenvalue weighted by Crippen LogP contribution is 2.02. The van der Waals surface area contributed by atoms with Crippen molar-refractivity contribution in [3.8, 4) is 0 Å². The fourth-order valence-electron chi connectivity index (χ4n) is 0.660. The monoisotopic (exact) mass is 175 g/mol. The first-order valence-electron chi connectivity index (χ1n) is 2.90. The zero-order valence-electron chi connectivity index (χ0n) is 5.57. The number of pyridine rings is 1. The van der Waals surface area contributed by atoms with Gasteiger partial charge in [-0.25, -0.2) is 0 Å². The Morgan fingerprint density at radius 2 is 2.18 bits per heavy atom. The number of hydrogen-bond acceptors (Lipinski definition) is 3. The quantitative estimate of drug-likeness (QED) is 0.627. The van der Waals surface area contributed by atoms with Crippen molar-refractivity contribution < 1.29 is 12.3 Å². The van der Waals surface area contributed by atoms with Gasteiger partial charge in [0.1, 0.15) is 5.75 Å². The van der Waals surface area contributed by atoms with Gasteiger partial charge < -0.3 is 0 Å². The van der Waals surface area contributed by atoms with Gasteiger partial charge in [-0.05, 0) is 12.1 Å². The molecule has 0 aliphatic rings. The van der Waals surface area contributed by atoms with Gasteiger partial charge in [0.25, 0.3) is 0 Å². The van der Waals surface area contributed by atoms with Gasteiger partial charge in [-0.2, -0.15) is 8.42 Å². The van der Waals surface area contributed by atoms with Gasteiger partial charge in [0, 0.05) is 6.20 Å². The Kier molecular flexibility index (Phi) is 2.19. The lowest BCUT2D eigenvalue weighted by Crippen LogP contribution is -1.97. The number of halogens is 1. The summed E-state index contributed by atoms with van der Waals surface area (Å²) in [6.45, 7) is 0. The molecule has 0 N–H and O–H groups in total. The standard InChI is InChI=1S/C6H6FNO2S/c7-11(9,10)5-6-3-1-2-4-8-6/h1-4H,5H2. The molecule has 1 aromatic rings. The van der Waals surface area contributed by atoms with Crippen LogP contribution in [0.4, 0.5) is 3.89 Å². The lowest BCUT2D eigenvalue weighted by Gasteiger charge is -1.92. The van der Waals surface area contributed by atoms with E-state index in [1.165, 1.54) is 12.3 Å². The minimum Gasteiger partial charge on any atom is -0.260 e. The summed E-state index contributed by atoms with van der Waals surface area (Å²) in [5, 5.41) is 0. The number of rotatable bonds is 2. The van der Waals surface area contributed by atoms with Crippen molar-refractivity contribution in [2.24, 2.45) is 0 Å². The SMILES string of the molecule is O=S(=O)(F)Cc1ccccn1. The van der Waals surface area contributed by atoms with Gasteiger partial charge >= 0.3 is 10.2 Å². The van der Waals surface area contributed by atoms with Crippen LogP contribution in [0.2, 0.25) is 0 Å². The largest absolute Gasteiger partial charge is 0.308 e. The summed E-state index contributed by atoms with van der Waals surface area (Å²) >= 11 is 0. The molecule has 5 heteroatoms. The molecule has 60 valence electrons. The first kappa shape index (κ1) is 8.13. The van der Waals surface area contributed by atoms with Gasteiger partial charge in [0.2, 0.25) is 0 Å². The third kappa shape index (κ3) is 3.08. The van der Waals surface area contributed by atoms with Crippen molar-refractivity contribution in [3.63, 3.8) is 0 Å². The van der Waals surface area contributed by atoms with Crippen LogP contribution in [0, 0.1) is 0 Å². The molecule has 11 heavy (non-hydrogen) atoms. The molecule has 0 radical (unpaired) electrons. The lowest BCUT2D eigenvalue weighted by molar-refractivity contribution is 0.550. The van der Waals surface area contributed by atoms with E-state index in [1.807, 2.05) is 0 Å². The highest BCUT2D eigenvalue weighted by atomic mass is 32.3. The second-order valence-corrected chi connectivity index (χ2v) is 3.37. The lowest BCUT2D eigenvalue weighted by atomic mass is 10.4. The molecule has 0 bridgehead atoms. The van der Waals surface area contributed by atoms with Crippen LogP contribution in [-0.4, -0.2) is 13.4 Å². The Balaban J connectivity index is 2.82. The average molecular weight is 175 g/mol. The highest BCUT2D eigenvalue weighted by Gasteiger charge is 2.08. The second-order valence-electron chi connectivity index (χ2n) is 2.00. The molecule has 1 rings (SSSR count). The summed E-state index contributed by atoms with van der Waals surface area (Å²) in [5.41, 5.74) is 0.218. The van der Waals surface area contributed by atoms with Crippen molar-refractivity contribution in [1.29, 1.82) is 0 Å². The molecule has 0 aromatic carbocycles. The summed E-state index contributed by atoms with van der Waals surface area (Å²) in [7, 11) is -4.44. The van der Waals surface area contributed by atoms with E-state index in [-0.39, 0.29) is 5.69 Å². The average Bonchev–Trinajstić information content (AvgIpc) is 1.85. The molecule has 0 aliphatic heterocycles. The maximum atomic E-state index is 12.0. The van der Waals surface area contributed by atoms with Crippen molar-refractivity contribution in [2.45, 2.75) is 5.75 Å². The Labute approximate surface area is 64.1 Å². The molecule has 0 fully saturated rings. The fourth-order valence-corrected chi connectivity index (χ4v) is 1.18. The van der Waals surface area contributed by atoms with Gasteiger partial charge in [0.05, 0.1) is 5.69 Å². The third-order valence-electron chi connectivity index (χ3n) is 1.05. The van der Waals surface area contributed by atoms with Crippen LogP contribution in [0.5, 0.6) is 0 Å². The zero-order valence-corrected chi connectivity index (χ0v) is 6.38. The van der Waals surface area contributed by atoms with Crippen LogP contribution >= 0.6 is 0 Å². The zero-order chi connectivity index (χ0) is 8.32. The molecule has 0 atom stereocenters. The van der Waals surface area contributed by atoms with Gasteiger partial charge in [0.15, 0.2) is 0 Å². The van der Waals surface area contributed by atoms with Crippen LogP contribution in [0.1, 0.15) is 5.69 Å². The highest BCUT2D eigenvalue weighted by molar-refractivity contribution is 7.85. The maximum absolute atomic E-state index is 12.0. The van der Waals surface area contributed by atoms with Crippen LogP contribution in [0.25, 0.3) is 0 Å². The normalized spacial score (nSPS) is 11.4. The third-order valence-corrected chi connectivity index (χ3v) is 1.69. The molecule has 1 heterocycles.